The van der Waals surface area contributed by atoms with Crippen LogP contribution in [0.25, 0.3) is 0 Å². The summed E-state index contributed by atoms with van der Waals surface area (Å²) in [6, 6.07) is 10.8. The summed E-state index contributed by atoms with van der Waals surface area (Å²) < 4.78 is 21.7. The summed E-state index contributed by atoms with van der Waals surface area (Å²) in [6.45, 7) is 11.4. The number of likely N-dealkylation sites (N-methyl/N-ethyl adjacent to an activating group) is 2. The number of amides is 2. The van der Waals surface area contributed by atoms with Crippen LogP contribution in [0.2, 0.25) is 0 Å². The molecule has 2 amide bonds. The van der Waals surface area contributed by atoms with Crippen molar-refractivity contribution in [1.29, 1.82) is 0 Å². The maximum atomic E-state index is 13.3. The van der Waals surface area contributed by atoms with Crippen LogP contribution < -0.4 is 26.0 Å². The van der Waals surface area contributed by atoms with Crippen LogP contribution in [0.4, 0.5) is 11.4 Å². The van der Waals surface area contributed by atoms with Crippen molar-refractivity contribution in [3.63, 3.8) is 0 Å². The van der Waals surface area contributed by atoms with E-state index in [-0.39, 0.29) is 11.8 Å². The zero-order chi connectivity index (χ0) is 32.1. The van der Waals surface area contributed by atoms with Gasteiger partial charge in [0.05, 0.1) is 69.4 Å². The van der Waals surface area contributed by atoms with E-state index in [2.05, 4.69) is 17.2 Å². The van der Waals surface area contributed by atoms with Gasteiger partial charge in [0.2, 0.25) is 0 Å². The summed E-state index contributed by atoms with van der Waals surface area (Å²) >= 11 is 0. The number of carbonyl (C=O) groups is 2. The monoisotopic (exact) mass is 608 g/mol. The van der Waals surface area contributed by atoms with E-state index >= 15 is 0 Å². The first-order chi connectivity index (χ1) is 21.2. The zero-order valence-corrected chi connectivity index (χ0v) is 26.3. The Morgan fingerprint density at radius 3 is 2.34 bits per heavy atom. The van der Waals surface area contributed by atoms with Gasteiger partial charge in [0.1, 0.15) is 11.6 Å². The lowest BCUT2D eigenvalue weighted by Gasteiger charge is -2.24. The van der Waals surface area contributed by atoms with Crippen LogP contribution >= 0.6 is 0 Å². The number of nitrogens with two attached hydrogens (primary N) is 1. The van der Waals surface area contributed by atoms with Crippen LogP contribution in [-0.2, 0) is 14.2 Å². The summed E-state index contributed by atoms with van der Waals surface area (Å²) in [5.74, 6) is 0.927. The average Bonchev–Trinajstić information content (AvgIpc) is 3.08. The molecule has 12 nitrogen and oxygen atoms in total. The number of benzene rings is 2. The second kappa shape index (κ2) is 17.2. The van der Waals surface area contributed by atoms with Gasteiger partial charge >= 0.3 is 0 Å². The van der Waals surface area contributed by atoms with E-state index in [1.54, 1.807) is 30.1 Å². The van der Waals surface area contributed by atoms with E-state index in [0.29, 0.717) is 92.6 Å². The maximum absolute atomic E-state index is 13.3. The molecule has 0 unspecified atom stereocenters. The van der Waals surface area contributed by atoms with E-state index in [1.165, 1.54) is 7.11 Å². The Morgan fingerprint density at radius 2 is 1.68 bits per heavy atom. The van der Waals surface area contributed by atoms with E-state index in [0.717, 1.165) is 11.3 Å². The second-order valence-corrected chi connectivity index (χ2v) is 9.92. The number of ether oxygens (including phenoxy) is 4. The SMILES string of the molecule is C=C(/N=C1\C(=C/C)N(C)C(=O)c2cc(C)ccc2N1C)Nc1ccc(C(=O)NCCOCCOCCOCCN)cc1OC. The molecule has 0 aliphatic carbocycles. The highest BCUT2D eigenvalue weighted by Crippen LogP contribution is 2.31. The number of hydrogen-bond donors (Lipinski definition) is 3. The molecule has 12 heteroatoms. The molecule has 238 valence electrons. The quantitative estimate of drug-likeness (QED) is 0.245. The van der Waals surface area contributed by atoms with Gasteiger partial charge in [-0.2, -0.15) is 0 Å². The molecule has 0 bridgehead atoms. The largest absolute Gasteiger partial charge is 0.495 e. The first-order valence-electron chi connectivity index (χ1n) is 14.4. The Labute approximate surface area is 259 Å². The molecule has 44 heavy (non-hydrogen) atoms. The van der Waals surface area contributed by atoms with E-state index in [1.807, 2.05) is 50.1 Å². The molecule has 1 heterocycles. The fourth-order valence-electron chi connectivity index (χ4n) is 4.51. The van der Waals surface area contributed by atoms with Gasteiger partial charge in [0.25, 0.3) is 11.8 Å². The topological polar surface area (TPSA) is 140 Å². The van der Waals surface area contributed by atoms with Gasteiger partial charge in [0, 0.05) is 32.7 Å². The van der Waals surface area contributed by atoms with Crippen LogP contribution in [0, 0.1) is 6.92 Å². The minimum absolute atomic E-state index is 0.121. The Balaban J connectivity index is 1.60. The molecule has 4 N–H and O–H groups in total. The highest BCUT2D eigenvalue weighted by atomic mass is 16.5. The van der Waals surface area contributed by atoms with Crippen molar-refractivity contribution in [3.8, 4) is 5.75 Å². The number of amidine groups is 1. The predicted octanol–water partition coefficient (Wildman–Crippen LogP) is 3.15. The number of anilines is 2. The molecule has 0 atom stereocenters. The van der Waals surface area contributed by atoms with Crippen molar-refractivity contribution in [3.05, 3.63) is 77.3 Å². The third-order valence-corrected chi connectivity index (χ3v) is 6.75. The third-order valence-electron chi connectivity index (χ3n) is 6.75. The van der Waals surface area contributed by atoms with E-state index in [9.17, 15) is 9.59 Å². The van der Waals surface area contributed by atoms with Crippen LogP contribution in [-0.4, -0.2) is 96.5 Å². The molecular weight excluding hydrogens is 564 g/mol. The Morgan fingerprint density at radius 1 is 1.00 bits per heavy atom. The van der Waals surface area contributed by atoms with Crippen molar-refractivity contribution in [2.24, 2.45) is 10.7 Å². The van der Waals surface area contributed by atoms with E-state index < -0.39 is 0 Å². The number of rotatable bonds is 16. The van der Waals surface area contributed by atoms with Crippen LogP contribution in [0.15, 0.2) is 65.6 Å². The maximum Gasteiger partial charge on any atom is 0.260 e. The second-order valence-electron chi connectivity index (χ2n) is 9.92. The third kappa shape index (κ3) is 9.13. The Hall–Kier alpha value is -4.23. The lowest BCUT2D eigenvalue weighted by molar-refractivity contribution is 0.0166. The highest BCUT2D eigenvalue weighted by Gasteiger charge is 2.30. The molecule has 1 aliphatic rings. The summed E-state index contributed by atoms with van der Waals surface area (Å²) in [5, 5.41) is 6.00. The number of hydrogen-bond acceptors (Lipinski definition) is 9. The number of fused-ring (bicyclic) bond motifs is 1. The minimum atomic E-state index is -0.259. The molecule has 0 aromatic heterocycles. The normalized spacial score (nSPS) is 14.9. The van der Waals surface area contributed by atoms with Crippen molar-refractivity contribution in [2.45, 2.75) is 13.8 Å². The van der Waals surface area contributed by atoms with Crippen molar-refractivity contribution in [2.75, 3.05) is 84.2 Å². The lowest BCUT2D eigenvalue weighted by Crippen LogP contribution is -2.33. The molecule has 2 aromatic carbocycles. The van der Waals surface area contributed by atoms with Crippen molar-refractivity contribution < 1.29 is 28.5 Å². The standard InChI is InChI=1S/C32H44N6O6/c1-7-27-30(37(4)28-11-8-22(2)20-25(28)32(40)38(27)5)36-23(3)35-26-10-9-24(21-29(26)41-6)31(39)34-13-15-43-17-19-44-18-16-42-14-12-33/h7-11,20-21,35H,3,12-19,33H2,1-2,4-6H3,(H,34,39)/b27-7+,36-30+. The molecule has 2 aromatic rings. The molecule has 1 aliphatic heterocycles. The number of carbonyl (C=O) groups excluding carboxylic acids is 2. The van der Waals surface area contributed by atoms with Gasteiger partial charge in [-0.15, -0.1) is 0 Å². The number of aliphatic imine (C=N–C) groups is 1. The summed E-state index contributed by atoms with van der Waals surface area (Å²) in [4.78, 5) is 34.2. The molecule has 0 spiro atoms. The fraction of sp³-hybridized carbons (Fsp3) is 0.406. The molecular formula is C32H44N6O6. The van der Waals surface area contributed by atoms with Crippen molar-refractivity contribution in [1.82, 2.24) is 10.2 Å². The first-order valence-corrected chi connectivity index (χ1v) is 14.4. The zero-order valence-electron chi connectivity index (χ0n) is 26.3. The number of allylic oxidation sites excluding steroid dienone is 1. The predicted molar refractivity (Wildman–Crippen MR) is 172 cm³/mol. The fourth-order valence-corrected chi connectivity index (χ4v) is 4.51. The van der Waals surface area contributed by atoms with Crippen LogP contribution in [0.5, 0.6) is 5.75 Å². The van der Waals surface area contributed by atoms with Gasteiger partial charge in [-0.1, -0.05) is 24.3 Å². The van der Waals surface area contributed by atoms with Gasteiger partial charge in [-0.25, -0.2) is 4.99 Å². The van der Waals surface area contributed by atoms with Gasteiger partial charge in [-0.3, -0.25) is 9.59 Å². The summed E-state index contributed by atoms with van der Waals surface area (Å²) in [6.07, 6.45) is 1.84. The average molecular weight is 609 g/mol. The van der Waals surface area contributed by atoms with Gasteiger partial charge in [0.15, 0.2) is 5.84 Å². The van der Waals surface area contributed by atoms with Crippen LogP contribution in [0.3, 0.4) is 0 Å². The summed E-state index contributed by atoms with van der Waals surface area (Å²) in [5.41, 5.74) is 9.32. The Bertz CT molecular complexity index is 1370. The molecule has 0 saturated heterocycles. The number of aryl methyl sites for hydroxylation is 1. The summed E-state index contributed by atoms with van der Waals surface area (Å²) in [7, 11) is 5.11. The highest BCUT2D eigenvalue weighted by molar-refractivity contribution is 6.18. The first kappa shape index (κ1) is 34.3. The molecule has 0 radical (unpaired) electrons. The minimum Gasteiger partial charge on any atom is -0.495 e. The van der Waals surface area contributed by atoms with Gasteiger partial charge < -0.3 is 45.1 Å². The number of nitrogens with zero attached hydrogens (tertiary/aromatic N) is 3. The molecule has 3 rings (SSSR count). The van der Waals surface area contributed by atoms with Crippen LogP contribution in [0.1, 0.15) is 33.2 Å². The molecule has 0 fully saturated rings. The van der Waals surface area contributed by atoms with Crippen molar-refractivity contribution >= 4 is 29.0 Å². The smallest absolute Gasteiger partial charge is 0.260 e. The molecule has 0 saturated carbocycles. The number of methoxy groups -OCH3 is 1. The Kier molecular flexibility index (Phi) is 13.4. The lowest BCUT2D eigenvalue weighted by atomic mass is 10.1. The number of nitrogens with one attached hydrogen (secondary N) is 2. The van der Waals surface area contributed by atoms with E-state index in [4.69, 9.17) is 29.7 Å². The van der Waals surface area contributed by atoms with Gasteiger partial charge in [-0.05, 0) is 44.2 Å².